The van der Waals surface area contributed by atoms with E-state index in [0.29, 0.717) is 0 Å². The van der Waals surface area contributed by atoms with E-state index < -0.39 is 0 Å². The van der Waals surface area contributed by atoms with Crippen LogP contribution in [-0.2, 0) is 18.8 Å². The summed E-state index contributed by atoms with van der Waals surface area (Å²) >= 11 is 3.29. The summed E-state index contributed by atoms with van der Waals surface area (Å²) in [6.07, 6.45) is 0. The molecule has 0 atom stereocenters. The van der Waals surface area contributed by atoms with E-state index in [4.69, 9.17) is 9.97 Å². The summed E-state index contributed by atoms with van der Waals surface area (Å²) in [6.45, 7) is 0. The maximum Gasteiger partial charge on any atom is 0.142 e. The second-order valence-electron chi connectivity index (χ2n) is 7.02. The van der Waals surface area contributed by atoms with Gasteiger partial charge in [0.05, 0.1) is 15.9 Å². The van der Waals surface area contributed by atoms with Gasteiger partial charge in [0.2, 0.25) is 0 Å². The van der Waals surface area contributed by atoms with Gasteiger partial charge in [0.25, 0.3) is 0 Å². The van der Waals surface area contributed by atoms with Gasteiger partial charge >= 0.3 is 28.2 Å². The minimum Gasteiger partial charge on any atom is -0.283 e. The standard InChI is InChI=1S/C26H15N2S.ClH.Pt/c1-2-6-17(7-3-1)20-13-11-18-10-12-19-14-15-23(27-25(19)21(18)16-20)26-28-22-8-4-5-9-24(22)29-26;;/h1-15H;1H;/q-1;;+2/p-1. The number of thiazole rings is 1. The van der Waals surface area contributed by atoms with Crippen LogP contribution in [0.2, 0.25) is 0 Å². The summed E-state index contributed by atoms with van der Waals surface area (Å²) in [6, 6.07) is 34.9. The number of benzene rings is 4. The predicted molar refractivity (Wildman–Crippen MR) is 128 cm³/mol. The summed E-state index contributed by atoms with van der Waals surface area (Å²) in [7, 11) is 4.61. The van der Waals surface area contributed by atoms with E-state index in [1.165, 1.54) is 4.70 Å². The number of aromatic nitrogens is 2. The van der Waals surface area contributed by atoms with Gasteiger partial charge in [-0.25, -0.2) is 4.98 Å². The van der Waals surface area contributed by atoms with Crippen LogP contribution >= 0.6 is 20.8 Å². The second-order valence-corrected chi connectivity index (χ2v) is 8.05. The molecule has 0 aliphatic heterocycles. The molecular weight excluding hydrogens is 603 g/mol. The molecule has 31 heavy (non-hydrogen) atoms. The van der Waals surface area contributed by atoms with Crippen molar-refractivity contribution in [2.45, 2.75) is 0 Å². The van der Waals surface area contributed by atoms with Crippen LogP contribution in [0, 0.1) is 6.07 Å². The quantitative estimate of drug-likeness (QED) is 0.146. The summed E-state index contributed by atoms with van der Waals surface area (Å²) in [5, 5.41) is 4.26. The Morgan fingerprint density at radius 2 is 1.42 bits per heavy atom. The zero-order valence-electron chi connectivity index (χ0n) is 16.2. The molecule has 6 aromatic rings. The molecule has 2 heterocycles. The molecule has 5 heteroatoms. The summed E-state index contributed by atoms with van der Waals surface area (Å²) < 4.78 is 1.18. The molecule has 0 bridgehead atoms. The zero-order valence-corrected chi connectivity index (χ0v) is 20.0. The van der Waals surface area contributed by atoms with Crippen molar-refractivity contribution < 1.29 is 18.8 Å². The van der Waals surface area contributed by atoms with Gasteiger partial charge in [0, 0.05) is 5.52 Å². The smallest absolute Gasteiger partial charge is 0.142 e. The molecule has 0 spiro atoms. The molecule has 0 radical (unpaired) electrons. The molecule has 0 saturated carbocycles. The van der Waals surface area contributed by atoms with Crippen LogP contribution < -0.4 is 0 Å². The number of hydrogen-bond acceptors (Lipinski definition) is 3. The van der Waals surface area contributed by atoms with Gasteiger partial charge in [0.15, 0.2) is 0 Å². The van der Waals surface area contributed by atoms with Crippen LogP contribution in [0.4, 0.5) is 0 Å². The monoisotopic (exact) mass is 617 g/mol. The topological polar surface area (TPSA) is 25.8 Å². The van der Waals surface area contributed by atoms with Crippen molar-refractivity contribution in [2.75, 3.05) is 0 Å². The first-order valence-corrected chi connectivity index (χ1v) is 13.3. The molecule has 6 rings (SSSR count). The van der Waals surface area contributed by atoms with Crippen molar-refractivity contribution in [2.24, 2.45) is 0 Å². The number of nitrogens with zero attached hydrogens (tertiary/aromatic N) is 2. The largest absolute Gasteiger partial charge is 0.283 e. The first kappa shape index (κ1) is 20.3. The molecule has 2 nitrogen and oxygen atoms in total. The number of rotatable bonds is 2. The third-order valence-electron chi connectivity index (χ3n) is 5.18. The van der Waals surface area contributed by atoms with E-state index in [2.05, 4.69) is 82.2 Å². The fourth-order valence-corrected chi connectivity index (χ4v) is 4.65. The number of pyridine rings is 1. The number of hydrogen-bond donors (Lipinski definition) is 0. The van der Waals surface area contributed by atoms with Crippen LogP contribution in [0.1, 0.15) is 0 Å². The number of halogens is 1. The number of para-hydroxylation sites is 1. The van der Waals surface area contributed by atoms with Gasteiger partial charge in [-0.1, -0.05) is 77.0 Å². The normalized spacial score (nSPS) is 10.9. The fraction of sp³-hybridized carbons (Fsp3) is 0. The van der Waals surface area contributed by atoms with Crippen molar-refractivity contribution in [1.29, 1.82) is 0 Å². The van der Waals surface area contributed by atoms with Gasteiger partial charge in [-0.3, -0.25) is 4.98 Å². The van der Waals surface area contributed by atoms with Gasteiger partial charge in [-0.05, 0) is 23.6 Å². The molecule has 0 N–H and O–H groups in total. The molecule has 2 aromatic heterocycles. The van der Waals surface area contributed by atoms with E-state index in [1.54, 1.807) is 30.1 Å². The first-order chi connectivity index (χ1) is 15.3. The molecular formula is C26H15ClN2PtS. The van der Waals surface area contributed by atoms with Crippen molar-refractivity contribution in [1.82, 2.24) is 9.97 Å². The Balaban J connectivity index is 0.000000994. The Morgan fingerprint density at radius 1 is 0.710 bits per heavy atom. The van der Waals surface area contributed by atoms with Gasteiger partial charge < -0.3 is 0 Å². The minimum absolute atomic E-state index is 0.907. The van der Waals surface area contributed by atoms with Crippen molar-refractivity contribution >= 4 is 52.6 Å². The van der Waals surface area contributed by atoms with Gasteiger partial charge in [-0.2, -0.15) is 0 Å². The van der Waals surface area contributed by atoms with Gasteiger partial charge in [-0.15, -0.1) is 35.1 Å². The maximum absolute atomic E-state index is 5.02. The molecule has 0 fully saturated rings. The summed E-state index contributed by atoms with van der Waals surface area (Å²) in [4.78, 5) is 9.80. The van der Waals surface area contributed by atoms with Crippen LogP contribution in [-0.4, -0.2) is 9.97 Å². The Labute approximate surface area is 199 Å². The van der Waals surface area contributed by atoms with Crippen LogP contribution in [0.5, 0.6) is 0 Å². The van der Waals surface area contributed by atoms with Crippen LogP contribution in [0.15, 0.2) is 91.0 Å². The summed E-state index contributed by atoms with van der Waals surface area (Å²) in [5.41, 5.74) is 5.14. The van der Waals surface area contributed by atoms with Crippen molar-refractivity contribution in [3.8, 4) is 21.8 Å². The molecule has 152 valence electrons. The van der Waals surface area contributed by atoms with E-state index in [-0.39, 0.29) is 0 Å². The fourth-order valence-electron chi connectivity index (χ4n) is 3.71. The molecule has 0 amide bonds. The van der Waals surface area contributed by atoms with E-state index in [9.17, 15) is 0 Å². The van der Waals surface area contributed by atoms with E-state index in [1.807, 2.05) is 24.3 Å². The van der Waals surface area contributed by atoms with E-state index in [0.717, 1.165) is 49.0 Å². The Kier molecular flexibility index (Phi) is 5.82. The zero-order chi connectivity index (χ0) is 21.2. The molecule has 0 aliphatic rings. The molecule has 0 aliphatic carbocycles. The van der Waals surface area contributed by atoms with Crippen molar-refractivity contribution in [3.05, 3.63) is 97.1 Å². The predicted octanol–water partition coefficient (Wildman–Crippen LogP) is 7.82. The molecule has 0 unspecified atom stereocenters. The minimum atomic E-state index is 0.907. The Bertz CT molecular complexity index is 1480. The molecule has 4 aromatic carbocycles. The first-order valence-electron chi connectivity index (χ1n) is 9.64. The average molecular weight is 618 g/mol. The van der Waals surface area contributed by atoms with Crippen LogP contribution in [0.3, 0.4) is 0 Å². The van der Waals surface area contributed by atoms with Crippen LogP contribution in [0.25, 0.3) is 53.7 Å². The average Bonchev–Trinajstić information content (AvgIpc) is 3.29. The third-order valence-corrected chi connectivity index (χ3v) is 6.24. The number of fused-ring (bicyclic) bond motifs is 4. The summed E-state index contributed by atoms with van der Waals surface area (Å²) in [5.74, 6) is 0. The second kappa shape index (κ2) is 8.88. The molecule has 0 saturated heterocycles. The Morgan fingerprint density at radius 3 is 2.26 bits per heavy atom. The van der Waals surface area contributed by atoms with Crippen molar-refractivity contribution in [3.63, 3.8) is 0 Å². The SMILES string of the molecule is [Cl][Pt+].[c-]1c(-c2ccccc2)ccc2ccc3ccc(-c4nc5ccccc5s4)nc3c12. The third kappa shape index (κ3) is 3.90. The maximum atomic E-state index is 5.02. The Hall–Kier alpha value is -2.58. The van der Waals surface area contributed by atoms with E-state index >= 15 is 0 Å². The van der Waals surface area contributed by atoms with Gasteiger partial charge in [0.1, 0.15) is 5.01 Å².